The average Bonchev–Trinajstić information content (AvgIpc) is 2.58. The van der Waals surface area contributed by atoms with Crippen molar-refractivity contribution in [2.45, 2.75) is 37.3 Å². The summed E-state index contributed by atoms with van der Waals surface area (Å²) in [5, 5.41) is 22.7. The third-order valence-electron chi connectivity index (χ3n) is 3.39. The Morgan fingerprint density at radius 3 is 2.45 bits per heavy atom. The molecule has 0 fully saturated rings. The molecule has 0 heterocycles. The van der Waals surface area contributed by atoms with Gasteiger partial charge < -0.3 is 15.2 Å². The van der Waals surface area contributed by atoms with Gasteiger partial charge in [-0.3, -0.25) is 10.1 Å². The van der Waals surface area contributed by atoms with Crippen LogP contribution in [0.4, 0.5) is 10.5 Å². The number of sulfonamides is 1. The van der Waals surface area contributed by atoms with Crippen LogP contribution in [0.5, 0.6) is 0 Å². The molecule has 0 spiro atoms. The second-order valence-corrected chi connectivity index (χ2v) is 8.78. The normalized spacial score (nSPS) is 12.8. The van der Waals surface area contributed by atoms with E-state index in [-0.39, 0.29) is 6.54 Å². The number of hydrogen-bond donors (Lipinski definition) is 2. The van der Waals surface area contributed by atoms with Gasteiger partial charge in [-0.25, -0.2) is 18.0 Å². The van der Waals surface area contributed by atoms with E-state index >= 15 is 0 Å². The van der Waals surface area contributed by atoms with Gasteiger partial charge in [0.25, 0.3) is 5.69 Å². The zero-order chi connectivity index (χ0) is 22.4. The fourth-order valence-corrected chi connectivity index (χ4v) is 3.80. The molecule has 1 amide bonds. The molecule has 1 aromatic carbocycles. The minimum absolute atomic E-state index is 0.339. The Bertz CT molecular complexity index is 892. The molecule has 0 bridgehead atoms. The number of carboxylic acids is 1. The SMILES string of the molecule is C=CCN(CC(NC(=O)OC(C)(C)C)C(=O)O)S(=O)(=O)c1ccccc1[N+](=O)[O-]. The lowest BCUT2D eigenvalue weighted by Gasteiger charge is -2.26. The third kappa shape index (κ3) is 6.84. The number of nitrogens with zero attached hydrogens (tertiary/aromatic N) is 2. The van der Waals surface area contributed by atoms with Gasteiger partial charge in [0.05, 0.1) is 4.92 Å². The minimum atomic E-state index is -4.47. The van der Waals surface area contributed by atoms with Gasteiger partial charge in [-0.05, 0) is 26.8 Å². The van der Waals surface area contributed by atoms with Gasteiger partial charge in [0.1, 0.15) is 11.6 Å². The number of para-hydroxylation sites is 1. The van der Waals surface area contributed by atoms with Gasteiger partial charge in [0, 0.05) is 19.2 Å². The van der Waals surface area contributed by atoms with Crippen LogP contribution in [0, 0.1) is 10.1 Å². The fraction of sp³-hybridized carbons (Fsp3) is 0.412. The highest BCUT2D eigenvalue weighted by Crippen LogP contribution is 2.26. The van der Waals surface area contributed by atoms with Crippen LogP contribution < -0.4 is 5.32 Å². The van der Waals surface area contributed by atoms with E-state index in [1.807, 2.05) is 0 Å². The number of nitrogens with one attached hydrogen (secondary N) is 1. The highest BCUT2D eigenvalue weighted by Gasteiger charge is 2.35. The van der Waals surface area contributed by atoms with Crippen molar-refractivity contribution in [1.29, 1.82) is 0 Å². The summed E-state index contributed by atoms with van der Waals surface area (Å²) in [6.07, 6.45) is 0.144. The van der Waals surface area contributed by atoms with E-state index in [0.717, 1.165) is 12.1 Å². The number of benzene rings is 1. The number of nitro groups is 1. The molecular formula is C17H23N3O8S. The maximum atomic E-state index is 13.0. The van der Waals surface area contributed by atoms with Gasteiger partial charge >= 0.3 is 12.1 Å². The number of amides is 1. The van der Waals surface area contributed by atoms with Crippen LogP contribution >= 0.6 is 0 Å². The smallest absolute Gasteiger partial charge is 0.408 e. The first-order chi connectivity index (χ1) is 13.3. The number of carboxylic acid groups (broad SMARTS) is 1. The Hall–Kier alpha value is -2.99. The predicted octanol–water partition coefficient (Wildman–Crippen LogP) is 1.75. The average molecular weight is 429 g/mol. The van der Waals surface area contributed by atoms with Crippen molar-refractivity contribution in [3.05, 3.63) is 47.0 Å². The van der Waals surface area contributed by atoms with Crippen molar-refractivity contribution in [2.24, 2.45) is 0 Å². The van der Waals surface area contributed by atoms with Crippen LogP contribution in [0.1, 0.15) is 20.8 Å². The third-order valence-corrected chi connectivity index (χ3v) is 5.27. The van der Waals surface area contributed by atoms with Gasteiger partial charge in [-0.15, -0.1) is 6.58 Å². The lowest BCUT2D eigenvalue weighted by atomic mass is 10.2. The standard InChI is InChI=1S/C17H23N3O8S/c1-5-10-19(11-12(15(21)22)18-16(23)28-17(2,3)4)29(26,27)14-9-7-6-8-13(14)20(24)25/h5-9,12H,1,10-11H2,2-4H3,(H,18,23)(H,21,22). The Morgan fingerprint density at radius 2 is 1.97 bits per heavy atom. The van der Waals surface area contributed by atoms with E-state index in [9.17, 15) is 33.2 Å². The van der Waals surface area contributed by atoms with Crippen molar-refractivity contribution in [1.82, 2.24) is 9.62 Å². The van der Waals surface area contributed by atoms with Gasteiger partial charge in [-0.1, -0.05) is 18.2 Å². The molecule has 0 saturated heterocycles. The van der Waals surface area contributed by atoms with Crippen LogP contribution in [0.15, 0.2) is 41.8 Å². The second kappa shape index (κ2) is 9.47. The largest absolute Gasteiger partial charge is 0.480 e. The van der Waals surface area contributed by atoms with Crippen molar-refractivity contribution in [3.8, 4) is 0 Å². The zero-order valence-electron chi connectivity index (χ0n) is 16.2. The monoisotopic (exact) mass is 429 g/mol. The van der Waals surface area contributed by atoms with Crippen molar-refractivity contribution in [3.63, 3.8) is 0 Å². The Labute approximate surface area is 168 Å². The lowest BCUT2D eigenvalue weighted by molar-refractivity contribution is -0.387. The maximum absolute atomic E-state index is 13.0. The zero-order valence-corrected chi connectivity index (χ0v) is 17.0. The number of nitro benzene ring substituents is 1. The van der Waals surface area contributed by atoms with Gasteiger partial charge in [0.2, 0.25) is 10.0 Å². The first-order valence-corrected chi connectivity index (χ1v) is 9.80. The molecule has 160 valence electrons. The number of hydrogen-bond acceptors (Lipinski definition) is 7. The van der Waals surface area contributed by atoms with Crippen molar-refractivity contribution >= 4 is 27.8 Å². The molecule has 0 aromatic heterocycles. The molecule has 12 heteroatoms. The molecule has 1 aromatic rings. The number of aliphatic carboxylic acids is 1. The van der Waals surface area contributed by atoms with Gasteiger partial charge in [0.15, 0.2) is 4.90 Å². The van der Waals surface area contributed by atoms with E-state index in [4.69, 9.17) is 4.74 Å². The molecule has 1 atom stereocenters. The highest BCUT2D eigenvalue weighted by molar-refractivity contribution is 7.89. The Morgan fingerprint density at radius 1 is 1.38 bits per heavy atom. The van der Waals surface area contributed by atoms with Crippen LogP contribution in [0.3, 0.4) is 0 Å². The van der Waals surface area contributed by atoms with E-state index in [1.54, 1.807) is 20.8 Å². The van der Waals surface area contributed by atoms with Crippen LogP contribution in [0.25, 0.3) is 0 Å². The second-order valence-electron chi connectivity index (χ2n) is 6.87. The molecule has 11 nitrogen and oxygen atoms in total. The molecule has 0 aliphatic rings. The summed E-state index contributed by atoms with van der Waals surface area (Å²) in [6, 6.07) is 3.01. The predicted molar refractivity (Wildman–Crippen MR) is 103 cm³/mol. The summed E-state index contributed by atoms with van der Waals surface area (Å²) in [5.41, 5.74) is -1.56. The number of ether oxygens (including phenoxy) is 1. The number of alkyl carbamates (subject to hydrolysis) is 1. The molecule has 0 saturated carbocycles. The van der Waals surface area contributed by atoms with E-state index in [2.05, 4.69) is 11.9 Å². The number of carbonyl (C=O) groups excluding carboxylic acids is 1. The molecule has 0 aliphatic carbocycles. The lowest BCUT2D eigenvalue weighted by Crippen LogP contribution is -2.51. The van der Waals surface area contributed by atoms with Crippen molar-refractivity contribution < 1.29 is 32.8 Å². The fourth-order valence-electron chi connectivity index (χ4n) is 2.22. The van der Waals surface area contributed by atoms with Crippen LogP contribution in [-0.4, -0.2) is 59.5 Å². The molecular weight excluding hydrogens is 406 g/mol. The van der Waals surface area contributed by atoms with Gasteiger partial charge in [-0.2, -0.15) is 4.31 Å². The maximum Gasteiger partial charge on any atom is 0.408 e. The summed E-state index contributed by atoms with van der Waals surface area (Å²) in [7, 11) is -4.47. The van der Waals surface area contributed by atoms with Crippen LogP contribution in [0.2, 0.25) is 0 Å². The summed E-state index contributed by atoms with van der Waals surface area (Å²) in [4.78, 5) is 33.2. The minimum Gasteiger partial charge on any atom is -0.480 e. The summed E-state index contributed by atoms with van der Waals surface area (Å²) in [6.45, 7) is 7.11. The molecule has 29 heavy (non-hydrogen) atoms. The van der Waals surface area contributed by atoms with Crippen LogP contribution in [-0.2, 0) is 19.6 Å². The summed E-state index contributed by atoms with van der Waals surface area (Å²) >= 11 is 0. The first-order valence-electron chi connectivity index (χ1n) is 8.36. The molecule has 2 N–H and O–H groups in total. The molecule has 0 aliphatic heterocycles. The van der Waals surface area contributed by atoms with Crippen molar-refractivity contribution in [2.75, 3.05) is 13.1 Å². The Balaban J connectivity index is 3.23. The number of carbonyl (C=O) groups is 2. The summed E-state index contributed by atoms with van der Waals surface area (Å²) in [5.74, 6) is -1.51. The quantitative estimate of drug-likeness (QED) is 0.341. The molecule has 0 radical (unpaired) electrons. The molecule has 1 unspecified atom stereocenters. The number of rotatable bonds is 9. The Kier molecular flexibility index (Phi) is 7.86. The molecule has 1 rings (SSSR count). The van der Waals surface area contributed by atoms with E-state index < -0.39 is 55.8 Å². The highest BCUT2D eigenvalue weighted by atomic mass is 32.2. The first kappa shape index (κ1) is 24.0. The summed E-state index contributed by atoms with van der Waals surface area (Å²) < 4.78 is 31.6. The van der Waals surface area contributed by atoms with E-state index in [1.165, 1.54) is 18.2 Å². The van der Waals surface area contributed by atoms with E-state index in [0.29, 0.717) is 4.31 Å². The topological polar surface area (TPSA) is 156 Å².